The van der Waals surface area contributed by atoms with Crippen LogP contribution in [0, 0.1) is 0 Å². The van der Waals surface area contributed by atoms with Crippen molar-refractivity contribution < 1.29 is 14.8 Å². The van der Waals surface area contributed by atoms with E-state index >= 15 is 0 Å². The molecule has 0 bridgehead atoms. The summed E-state index contributed by atoms with van der Waals surface area (Å²) in [6.07, 6.45) is 2.57. The monoisotopic (exact) mass is 285 g/mol. The molecule has 1 amide bonds. The largest absolute Gasteiger partial charge is 0.372 e. The van der Waals surface area contributed by atoms with Gasteiger partial charge in [-0.05, 0) is 24.3 Å². The van der Waals surface area contributed by atoms with Gasteiger partial charge in [0.25, 0.3) is 5.91 Å². The van der Waals surface area contributed by atoms with Crippen molar-refractivity contribution in [1.29, 1.82) is 0 Å². The highest BCUT2D eigenvalue weighted by Gasteiger charge is 2.17. The van der Waals surface area contributed by atoms with Crippen LogP contribution in [-0.2, 0) is 9.53 Å². The third-order valence-electron chi connectivity index (χ3n) is 3.85. The van der Waals surface area contributed by atoms with Crippen LogP contribution < -0.4 is 10.6 Å². The smallest absolute Gasteiger partial charge is 0.279 e. The van der Waals surface area contributed by atoms with E-state index in [4.69, 9.17) is 4.74 Å². The van der Waals surface area contributed by atoms with Crippen molar-refractivity contribution in [2.24, 2.45) is 0 Å². The van der Waals surface area contributed by atoms with Crippen LogP contribution in [0.2, 0.25) is 0 Å². The Balaban J connectivity index is 1.56. The van der Waals surface area contributed by atoms with Gasteiger partial charge in [-0.25, -0.2) is 0 Å². The first-order valence-electron chi connectivity index (χ1n) is 7.54. The minimum absolute atomic E-state index is 0.0318. The van der Waals surface area contributed by atoms with E-state index in [-0.39, 0.29) is 5.91 Å². The predicted octanol–water partition coefficient (Wildman–Crippen LogP) is 1.52. The highest BCUT2D eigenvalue weighted by Crippen LogP contribution is 2.22. The first-order chi connectivity index (χ1) is 10.3. The molecule has 0 aromatic heterocycles. The van der Waals surface area contributed by atoms with Gasteiger partial charge in [-0.2, -0.15) is 0 Å². The molecular weight excluding hydrogens is 264 g/mol. The minimum atomic E-state index is 0.0318. The van der Waals surface area contributed by atoms with Gasteiger partial charge in [0.2, 0.25) is 0 Å². The van der Waals surface area contributed by atoms with Crippen molar-refractivity contribution in [3.8, 4) is 0 Å². The molecule has 0 aliphatic carbocycles. The molecule has 0 spiro atoms. The van der Waals surface area contributed by atoms with E-state index in [1.54, 1.807) is 0 Å². The zero-order valence-electron chi connectivity index (χ0n) is 12.0. The van der Waals surface area contributed by atoms with E-state index in [0.29, 0.717) is 12.6 Å². The molecule has 4 nitrogen and oxygen atoms in total. The molecule has 110 valence electrons. The molecule has 1 heterocycles. The van der Waals surface area contributed by atoms with E-state index in [9.17, 15) is 4.79 Å². The molecular formula is C17H21N2O2+. The average molecular weight is 285 g/mol. The van der Waals surface area contributed by atoms with Crippen molar-refractivity contribution >= 4 is 22.4 Å². The van der Waals surface area contributed by atoms with E-state index < -0.39 is 0 Å². The van der Waals surface area contributed by atoms with Crippen LogP contribution in [0.4, 0.5) is 5.69 Å². The van der Waals surface area contributed by atoms with Crippen LogP contribution in [0.1, 0.15) is 12.8 Å². The second-order valence-corrected chi connectivity index (χ2v) is 5.44. The number of anilines is 1. The Labute approximate surface area is 124 Å². The lowest BCUT2D eigenvalue weighted by Gasteiger charge is -2.10. The average Bonchev–Trinajstić information content (AvgIpc) is 3.01. The van der Waals surface area contributed by atoms with Gasteiger partial charge in [0.05, 0.1) is 0 Å². The summed E-state index contributed by atoms with van der Waals surface area (Å²) in [5.41, 5.74) is 0.878. The van der Waals surface area contributed by atoms with Crippen LogP contribution in [0.3, 0.4) is 0 Å². The Morgan fingerprint density at radius 1 is 1.24 bits per heavy atom. The number of hydrogen-bond donors (Lipinski definition) is 2. The van der Waals surface area contributed by atoms with E-state index in [0.717, 1.165) is 42.5 Å². The van der Waals surface area contributed by atoms with Crippen molar-refractivity contribution in [1.82, 2.24) is 0 Å². The molecule has 0 radical (unpaired) electrons. The first-order valence-corrected chi connectivity index (χ1v) is 7.54. The van der Waals surface area contributed by atoms with Gasteiger partial charge in [-0.1, -0.05) is 36.4 Å². The lowest BCUT2D eigenvalue weighted by atomic mass is 10.1. The SMILES string of the molecule is O=C(C[NH2+]C[C@@H]1CCCO1)Nc1cccc2ccccc12. The van der Waals surface area contributed by atoms with Gasteiger partial charge in [-0.15, -0.1) is 0 Å². The van der Waals surface area contributed by atoms with Gasteiger partial charge in [0, 0.05) is 17.7 Å². The third-order valence-corrected chi connectivity index (χ3v) is 3.85. The fourth-order valence-corrected chi connectivity index (χ4v) is 2.77. The number of rotatable bonds is 5. The van der Waals surface area contributed by atoms with Crippen LogP contribution in [0.5, 0.6) is 0 Å². The third kappa shape index (κ3) is 3.60. The Morgan fingerprint density at radius 2 is 2.10 bits per heavy atom. The summed E-state index contributed by atoms with van der Waals surface area (Å²) in [5, 5.41) is 7.24. The summed E-state index contributed by atoms with van der Waals surface area (Å²) in [6.45, 7) is 2.16. The zero-order chi connectivity index (χ0) is 14.5. The fourth-order valence-electron chi connectivity index (χ4n) is 2.77. The van der Waals surface area contributed by atoms with Crippen LogP contribution >= 0.6 is 0 Å². The van der Waals surface area contributed by atoms with Gasteiger partial charge < -0.3 is 15.4 Å². The number of hydrogen-bond acceptors (Lipinski definition) is 2. The van der Waals surface area contributed by atoms with E-state index in [1.807, 2.05) is 35.6 Å². The van der Waals surface area contributed by atoms with Gasteiger partial charge >= 0.3 is 0 Å². The molecule has 2 aromatic rings. The standard InChI is InChI=1S/C17H20N2O2/c20-17(12-18-11-14-7-4-10-21-14)19-16-9-3-6-13-5-1-2-8-15(13)16/h1-3,5-6,8-9,14,18H,4,7,10-12H2,(H,19,20)/p+1/t14-/m0/s1. The second-order valence-electron chi connectivity index (χ2n) is 5.44. The summed E-state index contributed by atoms with van der Waals surface area (Å²) < 4.78 is 5.55. The molecule has 3 N–H and O–H groups in total. The maximum absolute atomic E-state index is 12.0. The zero-order valence-corrected chi connectivity index (χ0v) is 12.0. The summed E-state index contributed by atoms with van der Waals surface area (Å²) in [4.78, 5) is 12.0. The normalized spacial score (nSPS) is 18.0. The Morgan fingerprint density at radius 3 is 2.95 bits per heavy atom. The van der Waals surface area contributed by atoms with Crippen molar-refractivity contribution in [2.75, 3.05) is 25.0 Å². The molecule has 0 saturated carbocycles. The van der Waals surface area contributed by atoms with Crippen LogP contribution in [-0.4, -0.2) is 31.7 Å². The Kier molecular flexibility index (Phi) is 4.48. The number of carbonyl (C=O) groups excluding carboxylic acids is 1. The summed E-state index contributed by atoms with van der Waals surface area (Å²) in [7, 11) is 0. The highest BCUT2D eigenvalue weighted by molar-refractivity contribution is 6.02. The number of fused-ring (bicyclic) bond motifs is 1. The minimum Gasteiger partial charge on any atom is -0.372 e. The number of carbonyl (C=O) groups is 1. The summed E-state index contributed by atoms with van der Waals surface area (Å²) in [5.74, 6) is 0.0318. The molecule has 0 unspecified atom stereocenters. The van der Waals surface area contributed by atoms with Gasteiger partial charge in [-0.3, -0.25) is 4.79 Å². The molecule has 3 rings (SSSR count). The van der Waals surface area contributed by atoms with Crippen molar-refractivity contribution in [2.45, 2.75) is 18.9 Å². The molecule has 2 aromatic carbocycles. The lowest BCUT2D eigenvalue weighted by Crippen LogP contribution is -2.88. The lowest BCUT2D eigenvalue weighted by molar-refractivity contribution is -0.649. The maximum Gasteiger partial charge on any atom is 0.279 e. The Bertz CT molecular complexity index is 616. The number of nitrogens with one attached hydrogen (secondary N) is 1. The molecule has 1 aliphatic heterocycles. The predicted molar refractivity (Wildman–Crippen MR) is 83.2 cm³/mol. The summed E-state index contributed by atoms with van der Waals surface area (Å²) in [6, 6.07) is 14.0. The molecule has 1 atom stereocenters. The molecule has 1 aliphatic rings. The number of benzene rings is 2. The van der Waals surface area contributed by atoms with Gasteiger partial charge in [0.1, 0.15) is 12.6 Å². The van der Waals surface area contributed by atoms with E-state index in [2.05, 4.69) is 17.4 Å². The van der Waals surface area contributed by atoms with Crippen LogP contribution in [0.15, 0.2) is 42.5 Å². The number of nitrogens with two attached hydrogens (primary N) is 1. The number of quaternary nitrogens is 1. The molecule has 1 saturated heterocycles. The first kappa shape index (κ1) is 14.0. The highest BCUT2D eigenvalue weighted by atomic mass is 16.5. The van der Waals surface area contributed by atoms with E-state index in [1.165, 1.54) is 0 Å². The van der Waals surface area contributed by atoms with Crippen molar-refractivity contribution in [3.05, 3.63) is 42.5 Å². The van der Waals surface area contributed by atoms with Gasteiger partial charge in [0.15, 0.2) is 6.54 Å². The number of amides is 1. The topological polar surface area (TPSA) is 54.9 Å². The number of ether oxygens (including phenoxy) is 1. The maximum atomic E-state index is 12.0. The fraction of sp³-hybridized carbons (Fsp3) is 0.353. The second kappa shape index (κ2) is 6.70. The van der Waals surface area contributed by atoms with Crippen molar-refractivity contribution in [3.63, 3.8) is 0 Å². The molecule has 1 fully saturated rings. The quantitative estimate of drug-likeness (QED) is 0.875. The summed E-state index contributed by atoms with van der Waals surface area (Å²) >= 11 is 0. The molecule has 21 heavy (non-hydrogen) atoms. The van der Waals surface area contributed by atoms with Crippen LogP contribution in [0.25, 0.3) is 10.8 Å². The Hall–Kier alpha value is -1.91. The molecule has 4 heteroatoms.